The molecule has 3 rings (SSSR count). The third-order valence-electron chi connectivity index (χ3n) is 5.28. The number of carbonyl (C=O) groups excluding carboxylic acids is 1. The number of ketones is 1. The smallest absolute Gasteiger partial charge is 0.134 e. The Morgan fingerprint density at radius 2 is 2.11 bits per heavy atom. The van der Waals surface area contributed by atoms with E-state index in [1.807, 2.05) is 0 Å². The Balaban J connectivity index is 1.61. The van der Waals surface area contributed by atoms with Gasteiger partial charge in [0.05, 0.1) is 5.60 Å². The molecule has 0 aromatic rings. The molecular formula is C15H25NO2. The predicted octanol–water partition coefficient (Wildman–Crippen LogP) is 2.39. The Kier molecular flexibility index (Phi) is 3.46. The highest BCUT2D eigenvalue weighted by Gasteiger charge is 2.44. The third-order valence-corrected chi connectivity index (χ3v) is 5.28. The van der Waals surface area contributed by atoms with E-state index in [0.29, 0.717) is 17.7 Å². The Hall–Kier alpha value is -0.410. The second-order valence-electron chi connectivity index (χ2n) is 6.48. The van der Waals surface area contributed by atoms with E-state index in [1.165, 1.54) is 38.6 Å². The van der Waals surface area contributed by atoms with Crippen molar-refractivity contribution < 1.29 is 9.53 Å². The van der Waals surface area contributed by atoms with E-state index < -0.39 is 0 Å². The minimum atomic E-state index is 0.228. The minimum Gasteiger partial charge on any atom is -0.375 e. The minimum absolute atomic E-state index is 0.228. The highest BCUT2D eigenvalue weighted by molar-refractivity contribution is 5.78. The molecule has 0 N–H and O–H groups in total. The number of hydrogen-bond donors (Lipinski definition) is 0. The lowest BCUT2D eigenvalue weighted by Crippen LogP contribution is -2.54. The van der Waals surface area contributed by atoms with E-state index >= 15 is 0 Å². The summed E-state index contributed by atoms with van der Waals surface area (Å²) >= 11 is 0. The van der Waals surface area contributed by atoms with Crippen LogP contribution in [0.1, 0.15) is 51.9 Å². The molecule has 2 atom stereocenters. The Morgan fingerprint density at radius 3 is 2.78 bits per heavy atom. The van der Waals surface area contributed by atoms with Gasteiger partial charge in [-0.05, 0) is 58.4 Å². The summed E-state index contributed by atoms with van der Waals surface area (Å²) < 4.78 is 6.00. The van der Waals surface area contributed by atoms with Gasteiger partial charge in [-0.15, -0.1) is 0 Å². The number of carbonyl (C=O) groups is 1. The first-order chi connectivity index (χ1) is 8.69. The largest absolute Gasteiger partial charge is 0.375 e. The van der Waals surface area contributed by atoms with Crippen LogP contribution in [0.2, 0.25) is 0 Å². The van der Waals surface area contributed by atoms with E-state index in [1.54, 1.807) is 6.92 Å². The van der Waals surface area contributed by atoms with Crippen molar-refractivity contribution in [2.75, 3.05) is 19.7 Å². The second kappa shape index (κ2) is 4.93. The maximum absolute atomic E-state index is 11.6. The molecule has 18 heavy (non-hydrogen) atoms. The number of piperidine rings is 1. The van der Waals surface area contributed by atoms with Crippen LogP contribution < -0.4 is 0 Å². The normalized spacial score (nSPS) is 36.3. The van der Waals surface area contributed by atoms with Gasteiger partial charge in [-0.1, -0.05) is 0 Å². The maximum atomic E-state index is 11.6. The highest BCUT2D eigenvalue weighted by Crippen LogP contribution is 2.43. The molecule has 3 fully saturated rings. The lowest BCUT2D eigenvalue weighted by atomic mass is 9.73. The summed E-state index contributed by atoms with van der Waals surface area (Å²) in [5.74, 6) is 0.670. The van der Waals surface area contributed by atoms with Gasteiger partial charge in [-0.2, -0.15) is 0 Å². The van der Waals surface area contributed by atoms with Crippen molar-refractivity contribution in [1.29, 1.82) is 0 Å². The standard InChI is InChI=1S/C15H25NO2/c1-12(17)13-4-2-8-16(11-13)14-5-9-18-15(10-14)6-3-7-15/h13-14H,2-11H2,1H3. The van der Waals surface area contributed by atoms with Crippen molar-refractivity contribution in [3.05, 3.63) is 0 Å². The van der Waals surface area contributed by atoms with Gasteiger partial charge in [0.2, 0.25) is 0 Å². The third kappa shape index (κ3) is 2.35. The lowest BCUT2D eigenvalue weighted by molar-refractivity contribution is -0.151. The summed E-state index contributed by atoms with van der Waals surface area (Å²) in [5, 5.41) is 0. The first kappa shape index (κ1) is 12.6. The molecular weight excluding hydrogens is 226 g/mol. The van der Waals surface area contributed by atoms with Crippen LogP contribution in [0.4, 0.5) is 0 Å². The number of hydrogen-bond acceptors (Lipinski definition) is 3. The monoisotopic (exact) mass is 251 g/mol. The molecule has 0 radical (unpaired) electrons. The quantitative estimate of drug-likeness (QED) is 0.754. The molecule has 3 nitrogen and oxygen atoms in total. The summed E-state index contributed by atoms with van der Waals surface area (Å²) in [7, 11) is 0. The Labute approximate surface area is 110 Å². The van der Waals surface area contributed by atoms with Gasteiger partial charge in [-0.3, -0.25) is 9.69 Å². The molecule has 0 amide bonds. The average Bonchev–Trinajstić information content (AvgIpc) is 2.37. The summed E-state index contributed by atoms with van der Waals surface area (Å²) in [6.45, 7) is 4.86. The van der Waals surface area contributed by atoms with Crippen LogP contribution in [-0.2, 0) is 9.53 Å². The molecule has 0 bridgehead atoms. The van der Waals surface area contributed by atoms with Crippen molar-refractivity contribution in [2.24, 2.45) is 5.92 Å². The average molecular weight is 251 g/mol. The summed E-state index contributed by atoms with van der Waals surface area (Å²) in [5.41, 5.74) is 0.228. The Bertz CT molecular complexity index is 324. The Morgan fingerprint density at radius 1 is 1.28 bits per heavy atom. The fourth-order valence-electron chi connectivity index (χ4n) is 3.90. The molecule has 2 saturated heterocycles. The second-order valence-corrected chi connectivity index (χ2v) is 6.48. The molecule has 2 heterocycles. The van der Waals surface area contributed by atoms with Gasteiger partial charge in [0.15, 0.2) is 0 Å². The van der Waals surface area contributed by atoms with Crippen molar-refractivity contribution in [3.63, 3.8) is 0 Å². The van der Waals surface area contributed by atoms with E-state index in [2.05, 4.69) is 4.90 Å². The van der Waals surface area contributed by atoms with Gasteiger partial charge in [0.25, 0.3) is 0 Å². The van der Waals surface area contributed by atoms with Crippen LogP contribution in [-0.4, -0.2) is 42.0 Å². The van der Waals surface area contributed by atoms with Crippen LogP contribution in [0, 0.1) is 5.92 Å². The number of rotatable bonds is 2. The fourth-order valence-corrected chi connectivity index (χ4v) is 3.90. The topological polar surface area (TPSA) is 29.5 Å². The van der Waals surface area contributed by atoms with Gasteiger partial charge < -0.3 is 4.74 Å². The number of ether oxygens (including phenoxy) is 1. The zero-order valence-corrected chi connectivity index (χ0v) is 11.5. The molecule has 1 saturated carbocycles. The molecule has 2 unspecified atom stereocenters. The molecule has 1 spiro atoms. The van der Waals surface area contributed by atoms with E-state index in [4.69, 9.17) is 4.74 Å². The van der Waals surface area contributed by atoms with Gasteiger partial charge in [0, 0.05) is 25.1 Å². The zero-order valence-electron chi connectivity index (χ0n) is 11.5. The first-order valence-electron chi connectivity index (χ1n) is 7.57. The zero-order chi connectivity index (χ0) is 12.6. The van der Waals surface area contributed by atoms with Crippen LogP contribution in [0.25, 0.3) is 0 Å². The summed E-state index contributed by atoms with van der Waals surface area (Å²) in [6, 6.07) is 0.668. The molecule has 0 aromatic carbocycles. The molecule has 2 aliphatic heterocycles. The number of Topliss-reactive ketones (excluding diaryl/α,β-unsaturated/α-hetero) is 1. The van der Waals surface area contributed by atoms with Gasteiger partial charge in [0.1, 0.15) is 5.78 Å². The molecule has 1 aliphatic carbocycles. The van der Waals surface area contributed by atoms with Gasteiger partial charge >= 0.3 is 0 Å². The lowest BCUT2D eigenvalue weighted by Gasteiger charge is -2.50. The van der Waals surface area contributed by atoms with Crippen molar-refractivity contribution >= 4 is 5.78 Å². The first-order valence-corrected chi connectivity index (χ1v) is 7.57. The molecule has 0 aromatic heterocycles. The highest BCUT2D eigenvalue weighted by atomic mass is 16.5. The van der Waals surface area contributed by atoms with Crippen molar-refractivity contribution in [2.45, 2.75) is 63.5 Å². The van der Waals surface area contributed by atoms with Crippen molar-refractivity contribution in [1.82, 2.24) is 4.90 Å². The number of nitrogens with zero attached hydrogens (tertiary/aromatic N) is 1. The fraction of sp³-hybridized carbons (Fsp3) is 0.933. The maximum Gasteiger partial charge on any atom is 0.134 e. The van der Waals surface area contributed by atoms with E-state index in [0.717, 1.165) is 26.0 Å². The predicted molar refractivity (Wildman–Crippen MR) is 70.5 cm³/mol. The number of likely N-dealkylation sites (tertiary alicyclic amines) is 1. The van der Waals surface area contributed by atoms with Crippen LogP contribution in [0.3, 0.4) is 0 Å². The van der Waals surface area contributed by atoms with E-state index in [-0.39, 0.29) is 5.60 Å². The molecule has 102 valence electrons. The van der Waals surface area contributed by atoms with Crippen LogP contribution in [0.15, 0.2) is 0 Å². The SMILES string of the molecule is CC(=O)C1CCCN(C2CCOC3(CCC3)C2)C1. The van der Waals surface area contributed by atoms with Crippen molar-refractivity contribution in [3.8, 4) is 0 Å². The summed E-state index contributed by atoms with van der Waals surface area (Å²) in [6.07, 6.45) is 8.50. The van der Waals surface area contributed by atoms with Crippen LogP contribution >= 0.6 is 0 Å². The van der Waals surface area contributed by atoms with Crippen LogP contribution in [0.5, 0.6) is 0 Å². The molecule has 3 heteroatoms. The van der Waals surface area contributed by atoms with E-state index in [9.17, 15) is 4.79 Å². The van der Waals surface area contributed by atoms with Gasteiger partial charge in [-0.25, -0.2) is 0 Å². The summed E-state index contributed by atoms with van der Waals surface area (Å²) in [4.78, 5) is 14.2. The molecule has 3 aliphatic rings.